The number of carbonyl (C=O) groups excluding carboxylic acids is 1. The molecule has 2 aromatic rings. The van der Waals surface area contributed by atoms with Gasteiger partial charge in [-0.05, 0) is 47.9 Å². The first-order chi connectivity index (χ1) is 10.8. The minimum Gasteiger partial charge on any atom is -0.462 e. The molecule has 0 unspecified atom stereocenters. The Morgan fingerprint density at radius 1 is 1.00 bits per heavy atom. The number of carbonyl (C=O) groups is 1. The van der Waals surface area contributed by atoms with E-state index in [4.69, 9.17) is 4.74 Å². The second-order valence-electron chi connectivity index (χ2n) is 5.81. The molecule has 1 saturated carbocycles. The van der Waals surface area contributed by atoms with Crippen molar-refractivity contribution in [3.8, 4) is 0 Å². The molecule has 0 N–H and O–H groups in total. The molecule has 112 valence electrons. The van der Waals surface area contributed by atoms with Crippen LogP contribution in [0, 0.1) is 5.92 Å². The third-order valence-corrected chi connectivity index (χ3v) is 3.80. The van der Waals surface area contributed by atoms with Crippen molar-refractivity contribution in [3.63, 3.8) is 0 Å². The quantitative estimate of drug-likeness (QED) is 0.588. The maximum absolute atomic E-state index is 11.5. The molecule has 3 rings (SSSR count). The molecular weight excluding hydrogens is 272 g/mol. The zero-order valence-corrected chi connectivity index (χ0v) is 12.6. The van der Waals surface area contributed by atoms with Crippen LogP contribution in [0.5, 0.6) is 0 Å². The Kier molecular flexibility index (Phi) is 4.69. The molecule has 0 saturated heterocycles. The lowest BCUT2D eigenvalue weighted by Gasteiger charge is -2.02. The number of hydrogen-bond donors (Lipinski definition) is 0. The summed E-state index contributed by atoms with van der Waals surface area (Å²) in [5.41, 5.74) is 3.58. The van der Waals surface area contributed by atoms with Gasteiger partial charge in [0.25, 0.3) is 0 Å². The number of ether oxygens (including phenoxy) is 1. The van der Waals surface area contributed by atoms with E-state index in [0.29, 0.717) is 12.5 Å². The summed E-state index contributed by atoms with van der Waals surface area (Å²) in [6.07, 6.45) is 6.63. The standard InChI is InChI=1S/C20H20O2/c21-20(22-15-19-10-11-19)13-12-16-6-8-18(9-7-16)14-17-4-2-1-3-5-17/h1-9,12-13,19H,10-11,14-15H2/b13-12+. The molecule has 0 heterocycles. The Balaban J connectivity index is 1.53. The Bertz CT molecular complexity index is 637. The van der Waals surface area contributed by atoms with E-state index in [9.17, 15) is 4.79 Å². The van der Waals surface area contributed by atoms with Gasteiger partial charge in [0, 0.05) is 6.08 Å². The van der Waals surface area contributed by atoms with Crippen molar-refractivity contribution in [2.45, 2.75) is 19.3 Å². The van der Waals surface area contributed by atoms with Gasteiger partial charge in [-0.1, -0.05) is 54.6 Å². The highest BCUT2D eigenvalue weighted by molar-refractivity contribution is 5.87. The lowest BCUT2D eigenvalue weighted by Crippen LogP contribution is -2.03. The molecule has 0 bridgehead atoms. The van der Waals surface area contributed by atoms with Crippen molar-refractivity contribution in [2.24, 2.45) is 5.92 Å². The van der Waals surface area contributed by atoms with E-state index in [0.717, 1.165) is 12.0 Å². The second-order valence-corrected chi connectivity index (χ2v) is 5.81. The molecule has 0 aromatic heterocycles. The van der Waals surface area contributed by atoms with E-state index >= 15 is 0 Å². The smallest absolute Gasteiger partial charge is 0.330 e. The van der Waals surface area contributed by atoms with Crippen LogP contribution in [0.1, 0.15) is 29.5 Å². The summed E-state index contributed by atoms with van der Waals surface area (Å²) < 4.78 is 5.16. The third-order valence-electron chi connectivity index (χ3n) is 3.80. The van der Waals surface area contributed by atoms with Gasteiger partial charge in [-0.25, -0.2) is 4.79 Å². The van der Waals surface area contributed by atoms with Gasteiger partial charge in [-0.2, -0.15) is 0 Å². The molecule has 1 aliphatic carbocycles. The Morgan fingerprint density at radius 3 is 2.36 bits per heavy atom. The van der Waals surface area contributed by atoms with E-state index in [1.807, 2.05) is 24.3 Å². The van der Waals surface area contributed by atoms with Crippen molar-refractivity contribution in [3.05, 3.63) is 77.4 Å². The van der Waals surface area contributed by atoms with Gasteiger partial charge >= 0.3 is 5.97 Å². The van der Waals surface area contributed by atoms with Gasteiger partial charge in [0.15, 0.2) is 0 Å². The molecular formula is C20H20O2. The zero-order valence-electron chi connectivity index (χ0n) is 12.6. The fourth-order valence-corrected chi connectivity index (χ4v) is 2.28. The third kappa shape index (κ3) is 4.59. The van der Waals surface area contributed by atoms with E-state index in [1.54, 1.807) is 0 Å². The molecule has 0 amide bonds. The van der Waals surface area contributed by atoms with Crippen LogP contribution in [0.4, 0.5) is 0 Å². The summed E-state index contributed by atoms with van der Waals surface area (Å²) in [6.45, 7) is 0.569. The van der Waals surface area contributed by atoms with Gasteiger partial charge in [0.1, 0.15) is 0 Å². The van der Waals surface area contributed by atoms with Crippen LogP contribution in [0.3, 0.4) is 0 Å². The Hall–Kier alpha value is -2.35. The van der Waals surface area contributed by atoms with E-state index in [2.05, 4.69) is 36.4 Å². The molecule has 0 atom stereocenters. The molecule has 1 fully saturated rings. The highest BCUT2D eigenvalue weighted by Crippen LogP contribution is 2.28. The van der Waals surface area contributed by atoms with Crippen LogP contribution in [-0.2, 0) is 16.0 Å². The van der Waals surface area contributed by atoms with Crippen LogP contribution in [0.25, 0.3) is 6.08 Å². The van der Waals surface area contributed by atoms with E-state index in [1.165, 1.54) is 30.0 Å². The number of benzene rings is 2. The van der Waals surface area contributed by atoms with Crippen LogP contribution in [0.15, 0.2) is 60.7 Å². The lowest BCUT2D eigenvalue weighted by atomic mass is 10.0. The first kappa shape index (κ1) is 14.6. The number of esters is 1. The highest BCUT2D eigenvalue weighted by atomic mass is 16.5. The Labute approximate surface area is 131 Å². The average molecular weight is 292 g/mol. The minimum atomic E-state index is -0.250. The molecule has 0 aliphatic heterocycles. The molecule has 2 heteroatoms. The monoisotopic (exact) mass is 292 g/mol. The molecule has 1 aliphatic rings. The number of rotatable bonds is 6. The first-order valence-electron chi connectivity index (χ1n) is 7.77. The maximum atomic E-state index is 11.5. The van der Waals surface area contributed by atoms with Gasteiger partial charge < -0.3 is 4.74 Å². The predicted octanol–water partition coefficient (Wildman–Crippen LogP) is 4.24. The van der Waals surface area contributed by atoms with Crippen molar-refractivity contribution in [1.29, 1.82) is 0 Å². The SMILES string of the molecule is O=C(/C=C/c1ccc(Cc2ccccc2)cc1)OCC1CC1. The fourth-order valence-electron chi connectivity index (χ4n) is 2.28. The average Bonchev–Trinajstić information content (AvgIpc) is 3.38. The van der Waals surface area contributed by atoms with Gasteiger partial charge in [-0.15, -0.1) is 0 Å². The summed E-state index contributed by atoms with van der Waals surface area (Å²) in [6, 6.07) is 18.7. The Morgan fingerprint density at radius 2 is 1.68 bits per heavy atom. The summed E-state index contributed by atoms with van der Waals surface area (Å²) >= 11 is 0. The van der Waals surface area contributed by atoms with Crippen LogP contribution >= 0.6 is 0 Å². The van der Waals surface area contributed by atoms with Crippen LogP contribution in [-0.4, -0.2) is 12.6 Å². The van der Waals surface area contributed by atoms with Crippen LogP contribution < -0.4 is 0 Å². The van der Waals surface area contributed by atoms with Gasteiger partial charge in [0.05, 0.1) is 6.61 Å². The number of hydrogen-bond acceptors (Lipinski definition) is 2. The second kappa shape index (κ2) is 7.08. The fraction of sp³-hybridized carbons (Fsp3) is 0.250. The largest absolute Gasteiger partial charge is 0.462 e. The van der Waals surface area contributed by atoms with E-state index < -0.39 is 0 Å². The van der Waals surface area contributed by atoms with Crippen molar-refractivity contribution < 1.29 is 9.53 Å². The summed E-state index contributed by atoms with van der Waals surface area (Å²) in [5.74, 6) is 0.356. The topological polar surface area (TPSA) is 26.3 Å². The predicted molar refractivity (Wildman–Crippen MR) is 88.4 cm³/mol. The minimum absolute atomic E-state index is 0.250. The lowest BCUT2D eigenvalue weighted by molar-refractivity contribution is -0.138. The first-order valence-corrected chi connectivity index (χ1v) is 7.77. The summed E-state index contributed by atoms with van der Waals surface area (Å²) in [7, 11) is 0. The van der Waals surface area contributed by atoms with Gasteiger partial charge in [0.2, 0.25) is 0 Å². The molecule has 0 radical (unpaired) electrons. The van der Waals surface area contributed by atoms with Crippen molar-refractivity contribution in [1.82, 2.24) is 0 Å². The van der Waals surface area contributed by atoms with Gasteiger partial charge in [-0.3, -0.25) is 0 Å². The molecule has 0 spiro atoms. The summed E-state index contributed by atoms with van der Waals surface area (Å²) in [5, 5.41) is 0. The normalized spacial score (nSPS) is 14.2. The van der Waals surface area contributed by atoms with Crippen LogP contribution in [0.2, 0.25) is 0 Å². The van der Waals surface area contributed by atoms with Crippen molar-refractivity contribution in [2.75, 3.05) is 6.61 Å². The highest BCUT2D eigenvalue weighted by Gasteiger charge is 2.22. The summed E-state index contributed by atoms with van der Waals surface area (Å²) in [4.78, 5) is 11.5. The molecule has 22 heavy (non-hydrogen) atoms. The zero-order chi connectivity index (χ0) is 15.2. The molecule has 2 aromatic carbocycles. The molecule has 2 nitrogen and oxygen atoms in total. The van der Waals surface area contributed by atoms with E-state index in [-0.39, 0.29) is 5.97 Å². The van der Waals surface area contributed by atoms with Crippen molar-refractivity contribution >= 4 is 12.0 Å². The maximum Gasteiger partial charge on any atom is 0.330 e.